The van der Waals surface area contributed by atoms with Crippen molar-refractivity contribution in [2.75, 3.05) is 7.11 Å². The lowest BCUT2D eigenvalue weighted by Gasteiger charge is -2.01. The number of para-hydroxylation sites is 2. The summed E-state index contributed by atoms with van der Waals surface area (Å²) in [5.74, 6) is 1.02. The van der Waals surface area contributed by atoms with Crippen LogP contribution >= 0.6 is 0 Å². The summed E-state index contributed by atoms with van der Waals surface area (Å²) in [4.78, 5) is 11.7. The fraction of sp³-hybridized carbons (Fsp3) is 0.0714. The van der Waals surface area contributed by atoms with Crippen molar-refractivity contribution in [3.05, 3.63) is 58.6 Å². The molecule has 0 N–H and O–H groups in total. The lowest BCUT2D eigenvalue weighted by atomic mass is 10.2. The van der Waals surface area contributed by atoms with Crippen molar-refractivity contribution < 1.29 is 9.66 Å². The molecule has 1 heterocycles. The van der Waals surface area contributed by atoms with Crippen molar-refractivity contribution >= 4 is 5.69 Å². The third kappa shape index (κ3) is 2.49. The highest BCUT2D eigenvalue weighted by Gasteiger charge is 2.17. The van der Waals surface area contributed by atoms with Crippen molar-refractivity contribution in [3.63, 3.8) is 0 Å². The van der Waals surface area contributed by atoms with Crippen LogP contribution in [-0.2, 0) is 0 Å². The summed E-state index contributed by atoms with van der Waals surface area (Å²) in [6.07, 6.45) is 0. The zero-order valence-electron chi connectivity index (χ0n) is 11.6. The van der Waals surface area contributed by atoms with Gasteiger partial charge in [0.05, 0.1) is 12.0 Å². The average Bonchev–Trinajstić information content (AvgIpc) is 3.05. The van der Waals surface area contributed by atoms with Crippen LogP contribution in [-0.4, -0.2) is 32.2 Å². The minimum atomic E-state index is -0.482. The Morgan fingerprint density at radius 3 is 2.77 bits per heavy atom. The van der Waals surface area contributed by atoms with E-state index >= 15 is 0 Å². The van der Waals surface area contributed by atoms with E-state index in [9.17, 15) is 10.1 Å². The van der Waals surface area contributed by atoms with E-state index in [-0.39, 0.29) is 11.4 Å². The van der Waals surface area contributed by atoms with Crippen LogP contribution in [0.1, 0.15) is 0 Å². The van der Waals surface area contributed by atoms with Gasteiger partial charge in [0.1, 0.15) is 5.75 Å². The predicted octanol–water partition coefficient (Wildman–Crippen LogP) is 2.25. The van der Waals surface area contributed by atoms with E-state index in [0.717, 1.165) is 4.80 Å². The van der Waals surface area contributed by atoms with Crippen molar-refractivity contribution in [2.45, 2.75) is 0 Å². The number of hydrogen-bond donors (Lipinski definition) is 0. The SMILES string of the molecule is COc1cccc(-c2nnn(-c3ccccc3[N+](=O)[O-])n2)c1. The number of nitro benzene ring substituents is 1. The number of tetrazole rings is 1. The van der Waals surface area contributed by atoms with Gasteiger partial charge in [0.15, 0.2) is 5.69 Å². The van der Waals surface area contributed by atoms with E-state index in [2.05, 4.69) is 15.4 Å². The molecule has 2 aromatic carbocycles. The Kier molecular flexibility index (Phi) is 3.48. The van der Waals surface area contributed by atoms with Crippen LogP contribution in [0.3, 0.4) is 0 Å². The number of nitrogens with zero attached hydrogens (tertiary/aromatic N) is 5. The van der Waals surface area contributed by atoms with Gasteiger partial charge in [0.2, 0.25) is 5.82 Å². The van der Waals surface area contributed by atoms with Crippen LogP contribution < -0.4 is 4.74 Å². The second-order valence-electron chi connectivity index (χ2n) is 4.38. The summed E-state index contributed by atoms with van der Waals surface area (Å²) in [7, 11) is 1.57. The van der Waals surface area contributed by atoms with E-state index in [1.165, 1.54) is 6.07 Å². The molecule has 0 unspecified atom stereocenters. The largest absolute Gasteiger partial charge is 0.497 e. The first kappa shape index (κ1) is 13.7. The molecule has 8 heteroatoms. The number of aromatic nitrogens is 4. The van der Waals surface area contributed by atoms with Crippen LogP contribution in [0.2, 0.25) is 0 Å². The molecule has 0 bridgehead atoms. The Bertz CT molecular complexity index is 831. The summed E-state index contributed by atoms with van der Waals surface area (Å²) < 4.78 is 5.15. The smallest absolute Gasteiger partial charge is 0.296 e. The van der Waals surface area contributed by atoms with Crippen LogP contribution in [0.15, 0.2) is 48.5 Å². The lowest BCUT2D eigenvalue weighted by Crippen LogP contribution is -2.03. The zero-order chi connectivity index (χ0) is 15.5. The van der Waals surface area contributed by atoms with E-state index in [0.29, 0.717) is 17.1 Å². The number of methoxy groups -OCH3 is 1. The number of ether oxygens (including phenoxy) is 1. The number of hydrogen-bond acceptors (Lipinski definition) is 6. The number of rotatable bonds is 4. The first-order chi connectivity index (χ1) is 10.7. The highest BCUT2D eigenvalue weighted by molar-refractivity contribution is 5.57. The lowest BCUT2D eigenvalue weighted by molar-refractivity contribution is -0.384. The fourth-order valence-corrected chi connectivity index (χ4v) is 1.98. The van der Waals surface area contributed by atoms with Crippen LogP contribution in [0.4, 0.5) is 5.69 Å². The molecule has 3 rings (SSSR count). The fourth-order valence-electron chi connectivity index (χ4n) is 1.98. The molecule has 0 spiro atoms. The molecule has 1 aromatic heterocycles. The highest BCUT2D eigenvalue weighted by Crippen LogP contribution is 2.23. The Hall–Kier alpha value is -3.29. The molecule has 0 aliphatic rings. The monoisotopic (exact) mass is 297 g/mol. The van der Waals surface area contributed by atoms with Gasteiger partial charge < -0.3 is 4.74 Å². The molecule has 3 aromatic rings. The molecule has 0 radical (unpaired) electrons. The third-order valence-corrected chi connectivity index (χ3v) is 3.04. The minimum absolute atomic E-state index is 0.0860. The first-order valence-electron chi connectivity index (χ1n) is 6.37. The van der Waals surface area contributed by atoms with Crippen LogP contribution in [0, 0.1) is 10.1 Å². The van der Waals surface area contributed by atoms with Gasteiger partial charge in [-0.3, -0.25) is 10.1 Å². The van der Waals surface area contributed by atoms with Gasteiger partial charge in [0, 0.05) is 11.6 Å². The van der Waals surface area contributed by atoms with Crippen molar-refractivity contribution in [3.8, 4) is 22.8 Å². The highest BCUT2D eigenvalue weighted by atomic mass is 16.6. The molecule has 22 heavy (non-hydrogen) atoms. The average molecular weight is 297 g/mol. The van der Waals surface area contributed by atoms with Gasteiger partial charge in [-0.25, -0.2) is 0 Å². The summed E-state index contributed by atoms with van der Waals surface area (Å²) in [5.41, 5.74) is 0.885. The molecule has 0 amide bonds. The van der Waals surface area contributed by atoms with Gasteiger partial charge in [-0.1, -0.05) is 24.3 Å². The Labute approximate surface area is 125 Å². The number of benzene rings is 2. The van der Waals surface area contributed by atoms with Crippen LogP contribution in [0.5, 0.6) is 5.75 Å². The quantitative estimate of drug-likeness (QED) is 0.541. The molecule has 0 saturated heterocycles. The molecular formula is C14H11N5O3. The second kappa shape index (κ2) is 5.60. The Morgan fingerprint density at radius 2 is 2.00 bits per heavy atom. The van der Waals surface area contributed by atoms with Crippen LogP contribution in [0.25, 0.3) is 17.1 Å². The minimum Gasteiger partial charge on any atom is -0.497 e. The normalized spacial score (nSPS) is 10.4. The standard InChI is InChI=1S/C14H11N5O3/c1-22-11-6-4-5-10(9-11)14-15-17-18(16-14)12-7-2-3-8-13(12)19(20)21/h2-9H,1H3. The molecule has 110 valence electrons. The van der Waals surface area contributed by atoms with E-state index in [4.69, 9.17) is 4.74 Å². The summed E-state index contributed by atoms with van der Waals surface area (Å²) in [5, 5.41) is 23.1. The maximum absolute atomic E-state index is 11.1. The summed E-state index contributed by atoms with van der Waals surface area (Å²) in [6, 6.07) is 13.4. The molecule has 0 aliphatic heterocycles. The molecule has 0 aliphatic carbocycles. The second-order valence-corrected chi connectivity index (χ2v) is 4.38. The molecule has 0 saturated carbocycles. The molecular weight excluding hydrogens is 286 g/mol. The maximum atomic E-state index is 11.1. The van der Waals surface area contributed by atoms with E-state index < -0.39 is 4.92 Å². The van der Waals surface area contributed by atoms with Gasteiger partial charge in [-0.05, 0) is 23.4 Å². The Morgan fingerprint density at radius 1 is 1.18 bits per heavy atom. The van der Waals surface area contributed by atoms with Gasteiger partial charge in [0.25, 0.3) is 5.69 Å². The maximum Gasteiger partial charge on any atom is 0.296 e. The summed E-state index contributed by atoms with van der Waals surface area (Å²) in [6.45, 7) is 0. The zero-order valence-corrected chi connectivity index (χ0v) is 11.6. The predicted molar refractivity (Wildman–Crippen MR) is 77.8 cm³/mol. The molecule has 0 fully saturated rings. The van der Waals surface area contributed by atoms with E-state index in [1.807, 2.05) is 6.07 Å². The third-order valence-electron chi connectivity index (χ3n) is 3.04. The Balaban J connectivity index is 2.02. The van der Waals surface area contributed by atoms with Crippen molar-refractivity contribution in [1.29, 1.82) is 0 Å². The van der Waals surface area contributed by atoms with Crippen molar-refractivity contribution in [1.82, 2.24) is 20.2 Å². The van der Waals surface area contributed by atoms with Crippen molar-refractivity contribution in [2.24, 2.45) is 0 Å². The van der Waals surface area contributed by atoms with Gasteiger partial charge in [-0.15, -0.1) is 15.0 Å². The van der Waals surface area contributed by atoms with E-state index in [1.54, 1.807) is 43.5 Å². The molecule has 8 nitrogen and oxygen atoms in total. The van der Waals surface area contributed by atoms with Gasteiger partial charge in [-0.2, -0.15) is 0 Å². The summed E-state index contributed by atoms with van der Waals surface area (Å²) >= 11 is 0. The molecule has 0 atom stereocenters. The number of nitro groups is 1. The topological polar surface area (TPSA) is 96.0 Å². The first-order valence-corrected chi connectivity index (χ1v) is 6.37. The van der Waals surface area contributed by atoms with Gasteiger partial charge >= 0.3 is 0 Å².